The second kappa shape index (κ2) is 8.04. The van der Waals surface area contributed by atoms with Crippen LogP contribution in [0, 0.1) is 13.8 Å². The topological polar surface area (TPSA) is 67.4 Å². The summed E-state index contributed by atoms with van der Waals surface area (Å²) in [6.45, 7) is 3.44. The number of benzene rings is 2. The van der Waals surface area contributed by atoms with Crippen LogP contribution in [0.1, 0.15) is 21.5 Å². The van der Waals surface area contributed by atoms with Crippen molar-refractivity contribution in [1.82, 2.24) is 10.9 Å². The number of hydrogen-bond donors (Lipinski definition) is 2. The average molecular weight is 367 g/mol. The van der Waals surface area contributed by atoms with E-state index in [1.165, 1.54) is 6.07 Å². The number of hydrazine groups is 1. The van der Waals surface area contributed by atoms with Crippen molar-refractivity contribution in [1.29, 1.82) is 0 Å². The van der Waals surface area contributed by atoms with Gasteiger partial charge in [-0.25, -0.2) is 0 Å². The Bertz CT molecular complexity index is 755. The first-order valence-electron chi connectivity index (χ1n) is 7.11. The van der Waals surface area contributed by atoms with E-state index in [1.54, 1.807) is 30.3 Å². The maximum Gasteiger partial charge on any atom is 0.276 e. The number of carbonyl (C=O) groups excluding carboxylic acids is 2. The van der Waals surface area contributed by atoms with Gasteiger partial charge in [0, 0.05) is 15.6 Å². The summed E-state index contributed by atoms with van der Waals surface area (Å²) in [7, 11) is 0. The Kier molecular flexibility index (Phi) is 6.06. The van der Waals surface area contributed by atoms with Crippen LogP contribution in [0.4, 0.5) is 0 Å². The molecule has 0 aliphatic heterocycles. The van der Waals surface area contributed by atoms with Crippen LogP contribution in [0.5, 0.6) is 5.75 Å². The minimum Gasteiger partial charge on any atom is -0.483 e. The normalized spacial score (nSPS) is 10.2. The Hall–Kier alpha value is -2.24. The van der Waals surface area contributed by atoms with Crippen molar-refractivity contribution in [2.45, 2.75) is 13.8 Å². The van der Waals surface area contributed by atoms with Gasteiger partial charge >= 0.3 is 0 Å². The molecule has 0 heterocycles. The van der Waals surface area contributed by atoms with Gasteiger partial charge in [0.05, 0.1) is 0 Å². The zero-order chi connectivity index (χ0) is 17.7. The second-order valence-electron chi connectivity index (χ2n) is 5.17. The maximum atomic E-state index is 11.9. The third-order valence-electron chi connectivity index (χ3n) is 3.17. The maximum absolute atomic E-state index is 11.9. The number of hydrogen-bond acceptors (Lipinski definition) is 3. The smallest absolute Gasteiger partial charge is 0.276 e. The molecule has 0 aliphatic carbocycles. The van der Waals surface area contributed by atoms with Crippen LogP contribution in [0.3, 0.4) is 0 Å². The lowest BCUT2D eigenvalue weighted by molar-refractivity contribution is -0.123. The van der Waals surface area contributed by atoms with Crippen LogP contribution in [-0.2, 0) is 4.79 Å². The highest BCUT2D eigenvalue weighted by molar-refractivity contribution is 6.31. The molecular formula is C17H16Cl2N2O3. The predicted octanol–water partition coefficient (Wildman–Crippen LogP) is 3.45. The molecule has 2 rings (SSSR count). The Morgan fingerprint density at radius 3 is 2.29 bits per heavy atom. The van der Waals surface area contributed by atoms with E-state index in [1.807, 2.05) is 13.8 Å². The SMILES string of the molecule is Cc1cc(Cl)cc(C)c1OCC(=O)NNC(=O)c1cccc(Cl)c1. The van der Waals surface area contributed by atoms with Crippen LogP contribution in [0.2, 0.25) is 10.0 Å². The number of amides is 2. The van der Waals surface area contributed by atoms with Crippen molar-refractivity contribution in [3.8, 4) is 5.75 Å². The third kappa shape index (κ3) is 4.88. The van der Waals surface area contributed by atoms with Gasteiger partial charge in [-0.1, -0.05) is 29.3 Å². The summed E-state index contributed by atoms with van der Waals surface area (Å²) in [6, 6.07) is 9.89. The number of carbonyl (C=O) groups is 2. The van der Waals surface area contributed by atoms with Crippen molar-refractivity contribution in [2.75, 3.05) is 6.61 Å². The van der Waals surface area contributed by atoms with E-state index >= 15 is 0 Å². The Labute approximate surface area is 149 Å². The molecule has 24 heavy (non-hydrogen) atoms. The summed E-state index contributed by atoms with van der Waals surface area (Å²) >= 11 is 11.8. The zero-order valence-electron chi connectivity index (χ0n) is 13.2. The lowest BCUT2D eigenvalue weighted by Gasteiger charge is -2.13. The average Bonchev–Trinajstić information content (AvgIpc) is 2.51. The molecule has 2 N–H and O–H groups in total. The first kappa shape index (κ1) is 18.1. The molecule has 0 radical (unpaired) electrons. The van der Waals surface area contributed by atoms with Crippen molar-refractivity contribution in [3.05, 3.63) is 63.1 Å². The van der Waals surface area contributed by atoms with Gasteiger partial charge < -0.3 is 4.74 Å². The van der Waals surface area contributed by atoms with Crippen molar-refractivity contribution >= 4 is 35.0 Å². The Morgan fingerprint density at radius 2 is 1.67 bits per heavy atom. The highest BCUT2D eigenvalue weighted by Gasteiger charge is 2.10. The molecule has 0 aromatic heterocycles. The standard InChI is InChI=1S/C17H16Cl2N2O3/c1-10-6-14(19)7-11(2)16(10)24-9-15(22)20-21-17(23)12-4-3-5-13(18)8-12/h3-8H,9H2,1-2H3,(H,20,22)(H,21,23). The summed E-state index contributed by atoms with van der Waals surface area (Å²) in [5.41, 5.74) is 6.59. The van der Waals surface area contributed by atoms with E-state index < -0.39 is 11.8 Å². The van der Waals surface area contributed by atoms with Gasteiger partial charge in [0.15, 0.2) is 6.61 Å². The molecule has 0 unspecified atom stereocenters. The molecule has 0 saturated carbocycles. The number of nitrogens with one attached hydrogen (secondary N) is 2. The van der Waals surface area contributed by atoms with Crippen LogP contribution in [0.25, 0.3) is 0 Å². The Balaban J connectivity index is 1.87. The molecule has 0 aliphatic rings. The molecule has 0 bridgehead atoms. The monoisotopic (exact) mass is 366 g/mol. The highest BCUT2D eigenvalue weighted by atomic mass is 35.5. The van der Waals surface area contributed by atoms with Gasteiger partial charge in [-0.3, -0.25) is 20.4 Å². The molecule has 7 heteroatoms. The molecule has 126 valence electrons. The first-order valence-corrected chi connectivity index (χ1v) is 7.86. The lowest BCUT2D eigenvalue weighted by Crippen LogP contribution is -2.43. The molecular weight excluding hydrogens is 351 g/mol. The Morgan fingerprint density at radius 1 is 1.00 bits per heavy atom. The number of aryl methyl sites for hydroxylation is 2. The van der Waals surface area contributed by atoms with E-state index in [0.717, 1.165) is 11.1 Å². The van der Waals surface area contributed by atoms with E-state index in [-0.39, 0.29) is 6.61 Å². The van der Waals surface area contributed by atoms with Crippen molar-refractivity contribution in [3.63, 3.8) is 0 Å². The highest BCUT2D eigenvalue weighted by Crippen LogP contribution is 2.26. The van der Waals surface area contributed by atoms with Crippen LogP contribution >= 0.6 is 23.2 Å². The molecule has 5 nitrogen and oxygen atoms in total. The zero-order valence-corrected chi connectivity index (χ0v) is 14.7. The van der Waals surface area contributed by atoms with E-state index in [9.17, 15) is 9.59 Å². The minimum absolute atomic E-state index is 0.237. The second-order valence-corrected chi connectivity index (χ2v) is 6.04. The summed E-state index contributed by atoms with van der Waals surface area (Å²) < 4.78 is 5.50. The van der Waals surface area contributed by atoms with E-state index in [4.69, 9.17) is 27.9 Å². The minimum atomic E-state index is -0.487. The van der Waals surface area contributed by atoms with Crippen molar-refractivity contribution < 1.29 is 14.3 Å². The van der Waals surface area contributed by atoms with Gasteiger partial charge in [0.2, 0.25) is 0 Å². The van der Waals surface area contributed by atoms with Gasteiger partial charge in [-0.15, -0.1) is 0 Å². The van der Waals surface area contributed by atoms with Crippen LogP contribution in [0.15, 0.2) is 36.4 Å². The third-order valence-corrected chi connectivity index (χ3v) is 3.63. The molecule has 2 aromatic carbocycles. The van der Waals surface area contributed by atoms with Crippen molar-refractivity contribution in [2.24, 2.45) is 0 Å². The van der Waals surface area contributed by atoms with Gasteiger partial charge in [0.1, 0.15) is 5.75 Å². The summed E-state index contributed by atoms with van der Waals surface area (Å²) in [4.78, 5) is 23.7. The number of ether oxygens (including phenoxy) is 1. The summed E-state index contributed by atoms with van der Waals surface area (Å²) in [5.74, 6) is -0.362. The molecule has 0 saturated heterocycles. The quantitative estimate of drug-likeness (QED) is 0.814. The van der Waals surface area contributed by atoms with Gasteiger partial charge in [0.25, 0.3) is 11.8 Å². The molecule has 2 aromatic rings. The molecule has 0 fully saturated rings. The van der Waals surface area contributed by atoms with Gasteiger partial charge in [-0.2, -0.15) is 0 Å². The predicted molar refractivity (Wildman–Crippen MR) is 93.5 cm³/mol. The molecule has 0 spiro atoms. The molecule has 0 atom stereocenters. The van der Waals surface area contributed by atoms with Gasteiger partial charge in [-0.05, 0) is 55.3 Å². The van der Waals surface area contributed by atoms with Crippen LogP contribution in [-0.4, -0.2) is 18.4 Å². The summed E-state index contributed by atoms with van der Waals surface area (Å²) in [6.07, 6.45) is 0. The fraction of sp³-hybridized carbons (Fsp3) is 0.176. The number of halogens is 2. The fourth-order valence-electron chi connectivity index (χ4n) is 2.13. The molecule has 2 amide bonds. The largest absolute Gasteiger partial charge is 0.483 e. The van der Waals surface area contributed by atoms with Crippen LogP contribution < -0.4 is 15.6 Å². The number of rotatable bonds is 4. The summed E-state index contributed by atoms with van der Waals surface area (Å²) in [5, 5.41) is 1.04. The fourth-order valence-corrected chi connectivity index (χ4v) is 2.64. The van der Waals surface area contributed by atoms with E-state index in [2.05, 4.69) is 10.9 Å². The van der Waals surface area contributed by atoms with E-state index in [0.29, 0.717) is 21.4 Å². The lowest BCUT2D eigenvalue weighted by atomic mass is 10.1. The first-order chi connectivity index (χ1) is 11.4.